The van der Waals surface area contributed by atoms with E-state index in [9.17, 15) is 4.79 Å². The molecule has 0 fully saturated rings. The van der Waals surface area contributed by atoms with Crippen molar-refractivity contribution in [2.24, 2.45) is 0 Å². The molecule has 1 N–H and O–H groups in total. The van der Waals surface area contributed by atoms with Gasteiger partial charge in [0.2, 0.25) is 5.91 Å². The maximum absolute atomic E-state index is 12.1. The highest BCUT2D eigenvalue weighted by Gasteiger charge is 2.10. The monoisotopic (exact) mass is 300 g/mol. The van der Waals surface area contributed by atoms with Crippen molar-refractivity contribution in [1.82, 2.24) is 5.32 Å². The molecule has 2 rings (SSSR count). The Morgan fingerprint density at radius 3 is 2.82 bits per heavy atom. The average molecular weight is 300 g/mol. The van der Waals surface area contributed by atoms with Gasteiger partial charge in [0.05, 0.1) is 6.54 Å². The summed E-state index contributed by atoms with van der Waals surface area (Å²) in [5.74, 6) is 0.0971. The third-order valence-corrected chi connectivity index (χ3v) is 4.31. The van der Waals surface area contributed by atoms with Gasteiger partial charge in [0, 0.05) is 19.3 Å². The van der Waals surface area contributed by atoms with Crippen LogP contribution in [0.25, 0.3) is 0 Å². The minimum atomic E-state index is 0.0971. The molecule has 0 bridgehead atoms. The lowest BCUT2D eigenvalue weighted by atomic mass is 9.97. The molecule has 0 unspecified atom stereocenters. The molecule has 1 aliphatic carbocycles. The van der Waals surface area contributed by atoms with E-state index in [0.29, 0.717) is 6.54 Å². The van der Waals surface area contributed by atoms with Gasteiger partial charge in [0.15, 0.2) is 0 Å². The maximum Gasteiger partial charge on any atom is 0.239 e. The molecule has 0 atom stereocenters. The molecule has 120 valence electrons. The molecule has 3 heteroatoms. The molecule has 0 aliphatic heterocycles. The van der Waals surface area contributed by atoms with Crippen LogP contribution in [0, 0.1) is 13.8 Å². The number of allylic oxidation sites excluding steroid dienone is 1. The van der Waals surface area contributed by atoms with Crippen LogP contribution in [0.3, 0.4) is 0 Å². The van der Waals surface area contributed by atoms with E-state index >= 15 is 0 Å². The van der Waals surface area contributed by atoms with Crippen LogP contribution in [0.2, 0.25) is 0 Å². The zero-order chi connectivity index (χ0) is 15.9. The summed E-state index contributed by atoms with van der Waals surface area (Å²) in [5, 5.41) is 3.04. The predicted molar refractivity (Wildman–Crippen MR) is 93.4 cm³/mol. The third kappa shape index (κ3) is 4.90. The summed E-state index contributed by atoms with van der Waals surface area (Å²) in [5.41, 5.74) is 5.06. The zero-order valence-corrected chi connectivity index (χ0v) is 14.1. The molecule has 1 amide bonds. The quantitative estimate of drug-likeness (QED) is 0.812. The van der Waals surface area contributed by atoms with Crippen LogP contribution in [-0.4, -0.2) is 26.0 Å². The molecule has 0 spiro atoms. The molecule has 3 nitrogen and oxygen atoms in total. The SMILES string of the molecule is Cc1ccc(C)c(N(C)CC(=O)NCCC2=CCCCC2)c1. The molecule has 22 heavy (non-hydrogen) atoms. The molecule has 1 aromatic rings. The number of aryl methyl sites for hydroxylation is 2. The normalized spacial score (nSPS) is 14.4. The lowest BCUT2D eigenvalue weighted by Crippen LogP contribution is -2.36. The summed E-state index contributed by atoms with van der Waals surface area (Å²) < 4.78 is 0. The second kappa shape index (κ2) is 8.02. The van der Waals surface area contributed by atoms with Crippen molar-refractivity contribution < 1.29 is 4.79 Å². The van der Waals surface area contributed by atoms with Gasteiger partial charge < -0.3 is 10.2 Å². The van der Waals surface area contributed by atoms with Crippen LogP contribution in [0.1, 0.15) is 43.2 Å². The van der Waals surface area contributed by atoms with Gasteiger partial charge in [-0.3, -0.25) is 4.79 Å². The van der Waals surface area contributed by atoms with Crippen molar-refractivity contribution in [3.8, 4) is 0 Å². The van der Waals surface area contributed by atoms with Gasteiger partial charge in [-0.1, -0.05) is 23.8 Å². The molecular weight excluding hydrogens is 272 g/mol. The summed E-state index contributed by atoms with van der Waals surface area (Å²) in [7, 11) is 1.98. The number of amides is 1. The number of carbonyl (C=O) groups is 1. The highest BCUT2D eigenvalue weighted by atomic mass is 16.2. The number of likely N-dealkylation sites (N-methyl/N-ethyl adjacent to an activating group) is 1. The molecular formula is C19H28N2O. The number of rotatable bonds is 6. The Hall–Kier alpha value is -1.77. The Kier molecular flexibility index (Phi) is 6.05. The summed E-state index contributed by atoms with van der Waals surface area (Å²) in [6.07, 6.45) is 8.37. The predicted octanol–water partition coefficient (Wildman–Crippen LogP) is 3.75. The number of anilines is 1. The van der Waals surface area contributed by atoms with E-state index in [0.717, 1.165) is 18.7 Å². The van der Waals surface area contributed by atoms with Crippen LogP contribution in [0.15, 0.2) is 29.8 Å². The van der Waals surface area contributed by atoms with Crippen LogP contribution < -0.4 is 10.2 Å². The Morgan fingerprint density at radius 2 is 2.09 bits per heavy atom. The minimum absolute atomic E-state index is 0.0971. The number of nitrogens with one attached hydrogen (secondary N) is 1. The zero-order valence-electron chi connectivity index (χ0n) is 14.1. The van der Waals surface area contributed by atoms with E-state index in [-0.39, 0.29) is 5.91 Å². The van der Waals surface area contributed by atoms with E-state index in [1.54, 1.807) is 0 Å². The van der Waals surface area contributed by atoms with Gasteiger partial charge in [-0.2, -0.15) is 0 Å². The van der Waals surface area contributed by atoms with Crippen molar-refractivity contribution in [2.75, 3.05) is 25.0 Å². The number of carbonyl (C=O) groups excluding carboxylic acids is 1. The van der Waals surface area contributed by atoms with Crippen molar-refractivity contribution in [3.63, 3.8) is 0 Å². The minimum Gasteiger partial charge on any atom is -0.365 e. The van der Waals surface area contributed by atoms with Crippen molar-refractivity contribution in [3.05, 3.63) is 41.0 Å². The van der Waals surface area contributed by atoms with Crippen molar-refractivity contribution in [1.29, 1.82) is 0 Å². The number of benzene rings is 1. The van der Waals surface area contributed by atoms with Gasteiger partial charge in [0.25, 0.3) is 0 Å². The van der Waals surface area contributed by atoms with Crippen LogP contribution in [0.5, 0.6) is 0 Å². The molecule has 1 aromatic carbocycles. The average Bonchev–Trinajstić information content (AvgIpc) is 2.50. The lowest BCUT2D eigenvalue weighted by molar-refractivity contribution is -0.119. The maximum atomic E-state index is 12.1. The van der Waals surface area contributed by atoms with E-state index in [1.165, 1.54) is 42.4 Å². The number of hydrogen-bond acceptors (Lipinski definition) is 2. The first-order valence-corrected chi connectivity index (χ1v) is 8.29. The second-order valence-corrected chi connectivity index (χ2v) is 6.35. The van der Waals surface area contributed by atoms with Crippen LogP contribution >= 0.6 is 0 Å². The fourth-order valence-electron chi connectivity index (χ4n) is 2.98. The highest BCUT2D eigenvalue weighted by molar-refractivity contribution is 5.81. The smallest absolute Gasteiger partial charge is 0.239 e. The Labute approximate surface area is 134 Å². The molecule has 1 aliphatic rings. The summed E-state index contributed by atoms with van der Waals surface area (Å²) in [6, 6.07) is 6.34. The van der Waals surface area contributed by atoms with Gasteiger partial charge in [-0.05, 0) is 63.1 Å². The highest BCUT2D eigenvalue weighted by Crippen LogP contribution is 2.20. The van der Waals surface area contributed by atoms with Gasteiger partial charge in [-0.15, -0.1) is 0 Å². The summed E-state index contributed by atoms with van der Waals surface area (Å²) in [6.45, 7) is 5.32. The topological polar surface area (TPSA) is 32.3 Å². The first-order chi connectivity index (χ1) is 10.6. The van der Waals surface area contributed by atoms with Gasteiger partial charge in [0.1, 0.15) is 0 Å². The van der Waals surface area contributed by atoms with Gasteiger partial charge in [-0.25, -0.2) is 0 Å². The van der Waals surface area contributed by atoms with Crippen molar-refractivity contribution in [2.45, 2.75) is 46.0 Å². The fraction of sp³-hybridized carbons (Fsp3) is 0.526. The molecule has 0 saturated heterocycles. The molecule has 0 heterocycles. The van der Waals surface area contributed by atoms with E-state index in [2.05, 4.69) is 43.4 Å². The summed E-state index contributed by atoms with van der Waals surface area (Å²) >= 11 is 0. The van der Waals surface area contributed by atoms with Crippen molar-refractivity contribution >= 4 is 11.6 Å². The standard InChI is InChI=1S/C19H28N2O/c1-15-9-10-16(2)18(13-15)21(3)14-19(22)20-12-11-17-7-5-4-6-8-17/h7,9-10,13H,4-6,8,11-12,14H2,1-3H3,(H,20,22). The van der Waals surface area contributed by atoms with E-state index in [1.807, 2.05) is 11.9 Å². The first kappa shape index (κ1) is 16.6. The Bertz CT molecular complexity index is 548. The van der Waals surface area contributed by atoms with Crippen LogP contribution in [0.4, 0.5) is 5.69 Å². The second-order valence-electron chi connectivity index (χ2n) is 6.35. The van der Waals surface area contributed by atoms with E-state index < -0.39 is 0 Å². The van der Waals surface area contributed by atoms with Crippen LogP contribution in [-0.2, 0) is 4.79 Å². The fourth-order valence-corrected chi connectivity index (χ4v) is 2.98. The largest absolute Gasteiger partial charge is 0.365 e. The third-order valence-electron chi connectivity index (χ3n) is 4.31. The molecule has 0 radical (unpaired) electrons. The summed E-state index contributed by atoms with van der Waals surface area (Å²) in [4.78, 5) is 14.1. The van der Waals surface area contributed by atoms with Gasteiger partial charge >= 0.3 is 0 Å². The number of hydrogen-bond donors (Lipinski definition) is 1. The number of nitrogens with zero attached hydrogens (tertiary/aromatic N) is 1. The first-order valence-electron chi connectivity index (χ1n) is 8.29. The molecule has 0 saturated carbocycles. The molecule has 0 aromatic heterocycles. The Balaban J connectivity index is 1.78. The van der Waals surface area contributed by atoms with E-state index in [4.69, 9.17) is 0 Å². The lowest BCUT2D eigenvalue weighted by Gasteiger charge is -2.21. The Morgan fingerprint density at radius 1 is 1.27 bits per heavy atom.